The lowest BCUT2D eigenvalue weighted by molar-refractivity contribution is -0.137. The van der Waals surface area contributed by atoms with Crippen LogP contribution in [-0.4, -0.2) is 40.9 Å². The van der Waals surface area contributed by atoms with Crippen molar-refractivity contribution in [2.45, 2.75) is 31.2 Å². The Hall–Kier alpha value is -1.67. The maximum atomic E-state index is 12.4. The van der Waals surface area contributed by atoms with Crippen molar-refractivity contribution >= 4 is 5.91 Å². The lowest BCUT2D eigenvalue weighted by atomic mass is 9.97. The Morgan fingerprint density at radius 1 is 1.57 bits per heavy atom. The fraction of sp³-hybridized carbons (Fsp3) is 0.538. The summed E-state index contributed by atoms with van der Waals surface area (Å²) >= 11 is 0. The summed E-state index contributed by atoms with van der Waals surface area (Å²) in [5, 5.41) is 12.7. The van der Waals surface area contributed by atoms with Gasteiger partial charge in [0.25, 0.3) is 5.91 Å². The van der Waals surface area contributed by atoms with Crippen LogP contribution in [0.25, 0.3) is 0 Å². The Morgan fingerprint density at radius 2 is 2.29 bits per heavy atom. The van der Waals surface area contributed by atoms with Crippen LogP contribution in [0.1, 0.15) is 29.4 Å². The molecule has 8 heteroatoms. The van der Waals surface area contributed by atoms with Gasteiger partial charge in [0, 0.05) is 25.8 Å². The summed E-state index contributed by atoms with van der Waals surface area (Å²) in [6.07, 6.45) is -3.92. The summed E-state index contributed by atoms with van der Waals surface area (Å²) in [5.74, 6) is -0.642. The molecule has 1 fully saturated rings. The maximum Gasteiger partial charge on any atom is 0.417 e. The SMILES string of the molecule is CC1OCCC1(O)CNC(=O)c1ccc(C(F)(F)F)cn1. The van der Waals surface area contributed by atoms with E-state index in [1.807, 2.05) is 0 Å². The third-order valence-corrected chi connectivity index (χ3v) is 3.54. The van der Waals surface area contributed by atoms with Crippen molar-refractivity contribution in [1.82, 2.24) is 10.3 Å². The van der Waals surface area contributed by atoms with Crippen LogP contribution in [0.5, 0.6) is 0 Å². The Balaban J connectivity index is 1.98. The van der Waals surface area contributed by atoms with Crippen molar-refractivity contribution in [2.75, 3.05) is 13.2 Å². The summed E-state index contributed by atoms with van der Waals surface area (Å²) in [5.41, 5.74) is -2.23. The molecule has 2 N–H and O–H groups in total. The number of nitrogens with one attached hydrogen (secondary N) is 1. The molecule has 2 atom stereocenters. The number of nitrogens with zero attached hydrogens (tertiary/aromatic N) is 1. The quantitative estimate of drug-likeness (QED) is 0.885. The third-order valence-electron chi connectivity index (χ3n) is 3.54. The fourth-order valence-electron chi connectivity index (χ4n) is 2.02. The molecule has 1 aliphatic heterocycles. The van der Waals surface area contributed by atoms with Crippen LogP contribution in [-0.2, 0) is 10.9 Å². The summed E-state index contributed by atoms with van der Waals surface area (Å²) in [7, 11) is 0. The van der Waals surface area contributed by atoms with Crippen molar-refractivity contribution in [3.8, 4) is 0 Å². The minimum Gasteiger partial charge on any atom is -0.385 e. The van der Waals surface area contributed by atoms with Gasteiger partial charge in [-0.25, -0.2) is 0 Å². The molecule has 1 saturated heterocycles. The van der Waals surface area contributed by atoms with E-state index in [1.165, 1.54) is 0 Å². The van der Waals surface area contributed by atoms with E-state index in [2.05, 4.69) is 10.3 Å². The van der Waals surface area contributed by atoms with E-state index >= 15 is 0 Å². The Bertz CT molecular complexity index is 518. The van der Waals surface area contributed by atoms with Gasteiger partial charge in [-0.05, 0) is 19.1 Å². The molecule has 21 heavy (non-hydrogen) atoms. The fourth-order valence-corrected chi connectivity index (χ4v) is 2.02. The molecule has 0 bridgehead atoms. The number of hydrogen-bond donors (Lipinski definition) is 2. The minimum absolute atomic E-state index is 0.0459. The second-order valence-corrected chi connectivity index (χ2v) is 4.98. The molecule has 2 heterocycles. The van der Waals surface area contributed by atoms with Crippen molar-refractivity contribution in [1.29, 1.82) is 0 Å². The first kappa shape index (κ1) is 15.7. The Kier molecular flexibility index (Phi) is 4.20. The van der Waals surface area contributed by atoms with Gasteiger partial charge in [0.1, 0.15) is 11.3 Å². The summed E-state index contributed by atoms with van der Waals surface area (Å²) in [4.78, 5) is 15.3. The molecule has 0 saturated carbocycles. The number of rotatable bonds is 3. The maximum absolute atomic E-state index is 12.4. The lowest BCUT2D eigenvalue weighted by Crippen LogP contribution is -2.47. The van der Waals surface area contributed by atoms with E-state index in [-0.39, 0.29) is 12.2 Å². The van der Waals surface area contributed by atoms with Crippen LogP contribution >= 0.6 is 0 Å². The third kappa shape index (κ3) is 3.51. The predicted octanol–water partition coefficient (Wildman–Crippen LogP) is 1.37. The van der Waals surface area contributed by atoms with Crippen LogP contribution in [0.2, 0.25) is 0 Å². The number of amides is 1. The summed E-state index contributed by atoms with van der Waals surface area (Å²) < 4.78 is 42.4. The smallest absolute Gasteiger partial charge is 0.385 e. The Labute approximate surface area is 119 Å². The van der Waals surface area contributed by atoms with Gasteiger partial charge in [-0.3, -0.25) is 9.78 Å². The number of aromatic nitrogens is 1. The van der Waals surface area contributed by atoms with Crippen molar-refractivity contribution in [3.05, 3.63) is 29.6 Å². The number of carbonyl (C=O) groups excluding carboxylic acids is 1. The molecule has 0 aliphatic carbocycles. The highest BCUT2D eigenvalue weighted by Gasteiger charge is 2.39. The van der Waals surface area contributed by atoms with E-state index in [0.717, 1.165) is 12.1 Å². The zero-order chi connectivity index (χ0) is 15.7. The molecular weight excluding hydrogens is 289 g/mol. The molecule has 0 spiro atoms. The highest BCUT2D eigenvalue weighted by Crippen LogP contribution is 2.28. The topological polar surface area (TPSA) is 71.5 Å². The van der Waals surface area contributed by atoms with Gasteiger partial charge in [-0.2, -0.15) is 13.2 Å². The molecule has 1 amide bonds. The highest BCUT2D eigenvalue weighted by atomic mass is 19.4. The van der Waals surface area contributed by atoms with Gasteiger partial charge in [-0.1, -0.05) is 0 Å². The number of hydrogen-bond acceptors (Lipinski definition) is 4. The molecule has 2 unspecified atom stereocenters. The van der Waals surface area contributed by atoms with Crippen molar-refractivity contribution in [2.24, 2.45) is 0 Å². The van der Waals surface area contributed by atoms with Gasteiger partial charge in [0.05, 0.1) is 11.7 Å². The number of ether oxygens (including phenoxy) is 1. The largest absolute Gasteiger partial charge is 0.417 e. The molecule has 2 rings (SSSR count). The highest BCUT2D eigenvalue weighted by molar-refractivity contribution is 5.92. The summed E-state index contributed by atoms with van der Waals surface area (Å²) in [6, 6.07) is 1.79. The number of pyridine rings is 1. The average Bonchev–Trinajstić information content (AvgIpc) is 2.76. The van der Waals surface area contributed by atoms with Gasteiger partial charge >= 0.3 is 6.18 Å². The molecule has 1 aromatic rings. The lowest BCUT2D eigenvalue weighted by Gasteiger charge is -2.26. The van der Waals surface area contributed by atoms with Crippen LogP contribution in [0.4, 0.5) is 13.2 Å². The van der Waals surface area contributed by atoms with E-state index in [0.29, 0.717) is 19.2 Å². The molecule has 1 aromatic heterocycles. The molecule has 0 radical (unpaired) electrons. The monoisotopic (exact) mass is 304 g/mol. The van der Waals surface area contributed by atoms with Crippen LogP contribution < -0.4 is 5.32 Å². The first-order chi connectivity index (χ1) is 9.72. The molecular formula is C13H15F3N2O3. The average molecular weight is 304 g/mol. The summed E-state index contributed by atoms with van der Waals surface area (Å²) in [6.45, 7) is 2.04. The van der Waals surface area contributed by atoms with Crippen LogP contribution in [0.15, 0.2) is 18.3 Å². The second-order valence-electron chi connectivity index (χ2n) is 4.98. The molecule has 0 aromatic carbocycles. The minimum atomic E-state index is -4.49. The van der Waals surface area contributed by atoms with Crippen molar-refractivity contribution in [3.63, 3.8) is 0 Å². The standard InChI is InChI=1S/C13H15F3N2O3/c1-8-12(20,4-5-21-8)7-18-11(19)10-3-2-9(6-17-10)13(14,15)16/h2-3,6,8,20H,4-5,7H2,1H3,(H,18,19). The van der Waals surface area contributed by atoms with E-state index in [4.69, 9.17) is 4.74 Å². The number of carbonyl (C=O) groups is 1. The Morgan fingerprint density at radius 3 is 2.76 bits per heavy atom. The first-order valence-electron chi connectivity index (χ1n) is 6.38. The normalized spacial score (nSPS) is 25.9. The van der Waals surface area contributed by atoms with Gasteiger partial charge in [-0.15, -0.1) is 0 Å². The molecule has 5 nitrogen and oxygen atoms in total. The predicted molar refractivity (Wildman–Crippen MR) is 66.6 cm³/mol. The van der Waals surface area contributed by atoms with Gasteiger partial charge < -0.3 is 15.2 Å². The number of aliphatic hydroxyl groups is 1. The number of halogens is 3. The van der Waals surface area contributed by atoms with Gasteiger partial charge in [0.2, 0.25) is 0 Å². The van der Waals surface area contributed by atoms with Crippen molar-refractivity contribution < 1.29 is 27.8 Å². The molecule has 116 valence electrons. The second kappa shape index (κ2) is 5.61. The van der Waals surface area contributed by atoms with E-state index in [9.17, 15) is 23.1 Å². The van der Waals surface area contributed by atoms with E-state index in [1.54, 1.807) is 6.92 Å². The van der Waals surface area contributed by atoms with E-state index < -0.39 is 29.4 Å². The van der Waals surface area contributed by atoms with Gasteiger partial charge in [0.15, 0.2) is 0 Å². The van der Waals surface area contributed by atoms with Crippen LogP contribution in [0, 0.1) is 0 Å². The molecule has 1 aliphatic rings. The zero-order valence-corrected chi connectivity index (χ0v) is 11.3. The first-order valence-corrected chi connectivity index (χ1v) is 6.38. The van der Waals surface area contributed by atoms with Crippen LogP contribution in [0.3, 0.4) is 0 Å². The zero-order valence-electron chi connectivity index (χ0n) is 11.3. The number of alkyl halides is 3.